The van der Waals surface area contributed by atoms with E-state index in [1.807, 2.05) is 0 Å². The highest BCUT2D eigenvalue weighted by Crippen LogP contribution is 2.52. The minimum atomic E-state index is -2.57. The Hall–Kier alpha value is -0.620. The van der Waals surface area contributed by atoms with Gasteiger partial charge in [-0.3, -0.25) is 0 Å². The quantitative estimate of drug-likeness (QED) is 0.788. The Morgan fingerprint density at radius 3 is 2.62 bits per heavy atom. The monoisotopic (exact) mass is 205 g/mol. The van der Waals surface area contributed by atoms with Gasteiger partial charge in [-0.15, -0.1) is 5.10 Å². The van der Waals surface area contributed by atoms with Crippen molar-refractivity contribution < 1.29 is 8.78 Å². The lowest BCUT2D eigenvalue weighted by Crippen LogP contribution is -2.53. The van der Waals surface area contributed by atoms with Crippen molar-refractivity contribution in [1.29, 1.82) is 0 Å². The molecule has 0 atom stereocenters. The first-order valence-corrected chi connectivity index (χ1v) is 4.77. The maximum Gasteiger partial charge on any atom is 0.250 e. The van der Waals surface area contributed by atoms with Crippen LogP contribution in [0.25, 0.3) is 0 Å². The summed E-state index contributed by atoms with van der Waals surface area (Å²) in [5.74, 6) is -2.57. The van der Waals surface area contributed by atoms with Gasteiger partial charge in [-0.25, -0.2) is 8.78 Å². The van der Waals surface area contributed by atoms with E-state index in [0.29, 0.717) is 5.69 Å². The fourth-order valence-electron chi connectivity index (χ4n) is 1.76. The fraction of sp³-hybridized carbons (Fsp3) is 0.714. The first kappa shape index (κ1) is 8.96. The van der Waals surface area contributed by atoms with Crippen LogP contribution < -0.4 is 5.73 Å². The van der Waals surface area contributed by atoms with Crippen molar-refractivity contribution in [2.45, 2.75) is 24.2 Å². The second kappa shape index (κ2) is 2.68. The molecule has 2 N–H and O–H groups in total. The molecule has 1 aromatic rings. The molecule has 0 saturated heterocycles. The minimum Gasteiger partial charge on any atom is -0.330 e. The molecule has 1 aliphatic carbocycles. The Kier molecular flexibility index (Phi) is 1.85. The molecule has 2 rings (SSSR count). The number of hydrogen-bond acceptors (Lipinski definition) is 4. The molecule has 0 aromatic carbocycles. The molecule has 1 aliphatic rings. The van der Waals surface area contributed by atoms with Gasteiger partial charge in [0.25, 0.3) is 0 Å². The highest BCUT2D eigenvalue weighted by Gasteiger charge is 2.57. The first-order valence-electron chi connectivity index (χ1n) is 3.93. The molecule has 0 spiro atoms. The molecule has 0 bridgehead atoms. The summed E-state index contributed by atoms with van der Waals surface area (Å²) in [5, 5.41) is 5.50. The number of rotatable bonds is 2. The van der Waals surface area contributed by atoms with Crippen molar-refractivity contribution in [2.24, 2.45) is 5.73 Å². The van der Waals surface area contributed by atoms with Gasteiger partial charge in [0.2, 0.25) is 5.92 Å². The summed E-state index contributed by atoms with van der Waals surface area (Å²) in [4.78, 5) is 0. The zero-order chi connectivity index (χ0) is 9.53. The van der Waals surface area contributed by atoms with Crippen LogP contribution >= 0.6 is 11.5 Å². The Balaban J connectivity index is 2.21. The number of halogens is 2. The molecule has 1 heterocycles. The van der Waals surface area contributed by atoms with Crippen molar-refractivity contribution in [3.05, 3.63) is 11.1 Å². The molecule has 1 fully saturated rings. The summed E-state index contributed by atoms with van der Waals surface area (Å²) >= 11 is 1.17. The van der Waals surface area contributed by atoms with E-state index in [4.69, 9.17) is 5.73 Å². The van der Waals surface area contributed by atoms with Crippen LogP contribution in [0.3, 0.4) is 0 Å². The molecule has 13 heavy (non-hydrogen) atoms. The van der Waals surface area contributed by atoms with Crippen LogP contribution in [0.2, 0.25) is 0 Å². The summed E-state index contributed by atoms with van der Waals surface area (Å²) < 4.78 is 29.1. The zero-order valence-electron chi connectivity index (χ0n) is 6.83. The average Bonchev–Trinajstić information content (AvgIpc) is 2.51. The van der Waals surface area contributed by atoms with E-state index in [0.717, 1.165) is 0 Å². The molecule has 72 valence electrons. The highest BCUT2D eigenvalue weighted by atomic mass is 32.1. The first-order chi connectivity index (χ1) is 6.08. The lowest BCUT2D eigenvalue weighted by Gasteiger charge is -2.45. The average molecular weight is 205 g/mol. The topological polar surface area (TPSA) is 51.8 Å². The van der Waals surface area contributed by atoms with E-state index in [2.05, 4.69) is 9.59 Å². The summed E-state index contributed by atoms with van der Waals surface area (Å²) in [6, 6.07) is 0. The Labute approximate surface area is 78.1 Å². The molecule has 0 amide bonds. The van der Waals surface area contributed by atoms with Crippen LogP contribution in [-0.2, 0) is 5.41 Å². The molecule has 1 saturated carbocycles. The van der Waals surface area contributed by atoms with Crippen molar-refractivity contribution >= 4 is 11.5 Å². The molecule has 3 nitrogen and oxygen atoms in total. The van der Waals surface area contributed by atoms with E-state index in [1.54, 1.807) is 5.38 Å². The Morgan fingerprint density at radius 2 is 2.23 bits per heavy atom. The van der Waals surface area contributed by atoms with Gasteiger partial charge in [0, 0.05) is 30.2 Å². The molecule has 0 radical (unpaired) electrons. The molecular weight excluding hydrogens is 196 g/mol. The third kappa shape index (κ3) is 1.34. The van der Waals surface area contributed by atoms with Crippen LogP contribution in [0.1, 0.15) is 18.5 Å². The standard InChI is InChI=1S/C7H9F2N3S/c8-7(9)2-6(3-7,4-10)5-1-13-12-11-5/h1H,2-4,10H2. The van der Waals surface area contributed by atoms with E-state index < -0.39 is 11.3 Å². The fourth-order valence-corrected chi connectivity index (χ4v) is 2.34. The van der Waals surface area contributed by atoms with E-state index in [9.17, 15) is 8.78 Å². The van der Waals surface area contributed by atoms with Gasteiger partial charge < -0.3 is 5.73 Å². The van der Waals surface area contributed by atoms with E-state index in [-0.39, 0.29) is 19.4 Å². The van der Waals surface area contributed by atoms with Gasteiger partial charge in [-0.05, 0) is 11.5 Å². The van der Waals surface area contributed by atoms with Crippen molar-refractivity contribution in [3.63, 3.8) is 0 Å². The highest BCUT2D eigenvalue weighted by molar-refractivity contribution is 7.03. The van der Waals surface area contributed by atoms with Crippen LogP contribution in [0.4, 0.5) is 8.78 Å². The van der Waals surface area contributed by atoms with Crippen LogP contribution in [0.15, 0.2) is 5.38 Å². The molecule has 0 aliphatic heterocycles. The second-order valence-corrected chi connectivity index (χ2v) is 4.09. The van der Waals surface area contributed by atoms with Gasteiger partial charge in [-0.1, -0.05) is 4.49 Å². The van der Waals surface area contributed by atoms with Crippen LogP contribution in [0, 0.1) is 0 Å². The lowest BCUT2D eigenvalue weighted by molar-refractivity contribution is -0.125. The minimum absolute atomic E-state index is 0.193. The number of nitrogens with two attached hydrogens (primary N) is 1. The van der Waals surface area contributed by atoms with Crippen LogP contribution in [0.5, 0.6) is 0 Å². The molecule has 6 heteroatoms. The lowest BCUT2D eigenvalue weighted by atomic mass is 9.64. The molecule has 0 unspecified atom stereocenters. The smallest absolute Gasteiger partial charge is 0.250 e. The van der Waals surface area contributed by atoms with Gasteiger partial charge in [0.05, 0.1) is 5.69 Å². The second-order valence-electron chi connectivity index (χ2n) is 3.48. The summed E-state index contributed by atoms with van der Waals surface area (Å²) in [7, 11) is 0. The van der Waals surface area contributed by atoms with Gasteiger partial charge in [-0.2, -0.15) is 0 Å². The maximum atomic E-state index is 12.7. The SMILES string of the molecule is NCC1(c2csnn2)CC(F)(F)C1. The summed E-state index contributed by atoms with van der Waals surface area (Å²) in [6.45, 7) is 0.216. The Morgan fingerprint density at radius 1 is 1.54 bits per heavy atom. The van der Waals surface area contributed by atoms with Crippen molar-refractivity contribution in [2.75, 3.05) is 6.54 Å². The maximum absolute atomic E-state index is 12.7. The van der Waals surface area contributed by atoms with Crippen molar-refractivity contribution in [1.82, 2.24) is 9.59 Å². The zero-order valence-corrected chi connectivity index (χ0v) is 7.65. The predicted molar refractivity (Wildman–Crippen MR) is 44.8 cm³/mol. The van der Waals surface area contributed by atoms with Crippen LogP contribution in [-0.4, -0.2) is 22.1 Å². The van der Waals surface area contributed by atoms with Crippen molar-refractivity contribution in [3.8, 4) is 0 Å². The Bertz CT molecular complexity index is 291. The van der Waals surface area contributed by atoms with Gasteiger partial charge in [0.15, 0.2) is 0 Å². The molecular formula is C7H9F2N3S. The van der Waals surface area contributed by atoms with Gasteiger partial charge >= 0.3 is 0 Å². The van der Waals surface area contributed by atoms with Gasteiger partial charge in [0.1, 0.15) is 0 Å². The number of hydrogen-bond donors (Lipinski definition) is 1. The van der Waals surface area contributed by atoms with E-state index in [1.165, 1.54) is 11.5 Å². The molecule has 1 aromatic heterocycles. The largest absolute Gasteiger partial charge is 0.330 e. The third-order valence-electron chi connectivity index (χ3n) is 2.49. The summed E-state index contributed by atoms with van der Waals surface area (Å²) in [5.41, 5.74) is 5.49. The van der Waals surface area contributed by atoms with E-state index >= 15 is 0 Å². The normalized spacial score (nSPS) is 23.9. The number of alkyl halides is 2. The number of nitrogens with zero attached hydrogens (tertiary/aromatic N) is 2. The predicted octanol–water partition coefficient (Wildman–Crippen LogP) is 1.16. The number of aromatic nitrogens is 2. The third-order valence-corrected chi connectivity index (χ3v) is 2.99. The summed E-state index contributed by atoms with van der Waals surface area (Å²) in [6.07, 6.45) is -0.385.